The van der Waals surface area contributed by atoms with Crippen LogP contribution in [0.1, 0.15) is 23.5 Å². The fraction of sp³-hybridized carbons (Fsp3) is 0.158. The number of para-hydroxylation sites is 1. The van der Waals surface area contributed by atoms with E-state index in [1.165, 1.54) is 10.6 Å². The van der Waals surface area contributed by atoms with Crippen LogP contribution in [0, 0.1) is 5.82 Å². The Hall–Kier alpha value is -2.95. The van der Waals surface area contributed by atoms with Crippen LogP contribution in [0.15, 0.2) is 53.3 Å². The number of halogens is 1. The molecule has 2 aromatic carbocycles. The van der Waals surface area contributed by atoms with E-state index in [2.05, 4.69) is 0 Å². The van der Waals surface area contributed by atoms with E-state index in [1.807, 2.05) is 12.1 Å². The van der Waals surface area contributed by atoms with E-state index in [0.29, 0.717) is 22.0 Å². The number of rotatable bonds is 1. The molecule has 0 N–H and O–H groups in total. The Balaban J connectivity index is 2.09. The molecule has 1 atom stereocenters. The minimum absolute atomic E-state index is 0.0541. The summed E-state index contributed by atoms with van der Waals surface area (Å²) < 4.78 is 21.2. The Kier molecular flexibility index (Phi) is 3.23. The van der Waals surface area contributed by atoms with Gasteiger partial charge < -0.3 is 9.30 Å². The molecule has 0 radical (unpaired) electrons. The lowest BCUT2D eigenvalue weighted by atomic mass is 9.86. The Morgan fingerprint density at radius 1 is 1.08 bits per heavy atom. The van der Waals surface area contributed by atoms with Crippen LogP contribution < -0.4 is 10.3 Å². The second-order valence-electron chi connectivity index (χ2n) is 5.88. The van der Waals surface area contributed by atoms with Crippen molar-refractivity contribution in [3.63, 3.8) is 0 Å². The molecule has 0 saturated heterocycles. The number of esters is 1. The van der Waals surface area contributed by atoms with Crippen molar-refractivity contribution in [2.24, 2.45) is 7.05 Å². The summed E-state index contributed by atoms with van der Waals surface area (Å²) in [4.78, 5) is 25.0. The summed E-state index contributed by atoms with van der Waals surface area (Å²) in [6.45, 7) is 0. The molecule has 4 nitrogen and oxygen atoms in total. The molecule has 1 aromatic heterocycles. The third kappa shape index (κ3) is 2.05. The number of benzene rings is 2. The highest BCUT2D eigenvalue weighted by Crippen LogP contribution is 2.40. The number of hydrogen-bond acceptors (Lipinski definition) is 3. The first-order chi connectivity index (χ1) is 11.6. The van der Waals surface area contributed by atoms with Crippen molar-refractivity contribution in [2.45, 2.75) is 12.3 Å². The maximum Gasteiger partial charge on any atom is 0.312 e. The molecule has 0 spiro atoms. The van der Waals surface area contributed by atoms with E-state index < -0.39 is 17.7 Å². The summed E-state index contributed by atoms with van der Waals surface area (Å²) in [7, 11) is 1.67. The Labute approximate surface area is 137 Å². The molecule has 0 aliphatic carbocycles. The number of nitrogens with zero attached hydrogens (tertiary/aromatic N) is 1. The summed E-state index contributed by atoms with van der Waals surface area (Å²) in [5.74, 6) is -1.29. The van der Waals surface area contributed by atoms with E-state index >= 15 is 0 Å². The number of hydrogen-bond donors (Lipinski definition) is 0. The van der Waals surface area contributed by atoms with Crippen LogP contribution in [-0.2, 0) is 11.8 Å². The summed E-state index contributed by atoms with van der Waals surface area (Å²) in [6.07, 6.45) is -0.0541. The molecule has 5 heteroatoms. The summed E-state index contributed by atoms with van der Waals surface area (Å²) in [6, 6.07) is 13.4. The average Bonchev–Trinajstić information content (AvgIpc) is 2.59. The van der Waals surface area contributed by atoms with Gasteiger partial charge in [-0.25, -0.2) is 4.39 Å². The van der Waals surface area contributed by atoms with Crippen LogP contribution in [0.5, 0.6) is 5.75 Å². The molecule has 2 heterocycles. The fourth-order valence-electron chi connectivity index (χ4n) is 3.36. The molecule has 0 fully saturated rings. The van der Waals surface area contributed by atoms with Crippen molar-refractivity contribution >= 4 is 16.9 Å². The van der Waals surface area contributed by atoms with Crippen molar-refractivity contribution < 1.29 is 13.9 Å². The second kappa shape index (κ2) is 5.30. The average molecular weight is 323 g/mol. The van der Waals surface area contributed by atoms with Crippen LogP contribution in [0.4, 0.5) is 4.39 Å². The van der Waals surface area contributed by atoms with Gasteiger partial charge in [-0.1, -0.05) is 30.3 Å². The van der Waals surface area contributed by atoms with Crippen molar-refractivity contribution in [1.82, 2.24) is 4.57 Å². The van der Waals surface area contributed by atoms with Crippen LogP contribution in [0.2, 0.25) is 0 Å². The first kappa shape index (κ1) is 14.6. The van der Waals surface area contributed by atoms with Crippen LogP contribution in [0.3, 0.4) is 0 Å². The largest absolute Gasteiger partial charge is 0.425 e. The van der Waals surface area contributed by atoms with Crippen molar-refractivity contribution in [2.75, 3.05) is 0 Å². The van der Waals surface area contributed by atoms with Crippen LogP contribution in [-0.4, -0.2) is 10.5 Å². The zero-order valence-corrected chi connectivity index (χ0v) is 13.0. The first-order valence-corrected chi connectivity index (χ1v) is 7.64. The van der Waals surface area contributed by atoms with Gasteiger partial charge in [-0.2, -0.15) is 0 Å². The molecule has 4 rings (SSSR count). The Bertz CT molecular complexity index is 1040. The summed E-state index contributed by atoms with van der Waals surface area (Å²) >= 11 is 0. The van der Waals surface area contributed by atoms with Gasteiger partial charge >= 0.3 is 5.97 Å². The molecule has 1 aliphatic heterocycles. The molecule has 0 amide bonds. The molecule has 120 valence electrons. The zero-order chi connectivity index (χ0) is 16.8. The molecule has 1 unspecified atom stereocenters. The van der Waals surface area contributed by atoms with E-state index in [1.54, 1.807) is 37.4 Å². The predicted octanol–water partition coefficient (Wildman–Crippen LogP) is 3.12. The molecular weight excluding hydrogens is 309 g/mol. The number of carbonyl (C=O) groups excluding carboxylic acids is 1. The Morgan fingerprint density at radius 2 is 1.79 bits per heavy atom. The van der Waals surface area contributed by atoms with E-state index in [9.17, 15) is 14.0 Å². The van der Waals surface area contributed by atoms with Crippen molar-refractivity contribution in [3.05, 3.63) is 75.8 Å². The Morgan fingerprint density at radius 3 is 2.58 bits per heavy atom. The number of pyridine rings is 1. The second-order valence-corrected chi connectivity index (χ2v) is 5.88. The molecule has 24 heavy (non-hydrogen) atoms. The number of aromatic nitrogens is 1. The monoisotopic (exact) mass is 323 g/mol. The number of ether oxygens (including phenoxy) is 1. The maximum absolute atomic E-state index is 14.3. The van der Waals surface area contributed by atoms with Gasteiger partial charge in [-0.15, -0.1) is 0 Å². The zero-order valence-electron chi connectivity index (χ0n) is 13.0. The number of aryl methyl sites for hydroxylation is 1. The van der Waals surface area contributed by atoms with Gasteiger partial charge in [-0.3, -0.25) is 9.59 Å². The highest BCUT2D eigenvalue weighted by Gasteiger charge is 2.34. The topological polar surface area (TPSA) is 48.3 Å². The minimum atomic E-state index is -0.647. The normalized spacial score (nSPS) is 16.8. The molecular formula is C19H14FNO3. The summed E-state index contributed by atoms with van der Waals surface area (Å²) in [5.41, 5.74) is 1.07. The SMILES string of the molecule is Cn1c(=O)c2c(c3ccccc31)OC(=O)CC2c1ccccc1F. The van der Waals surface area contributed by atoms with Gasteiger partial charge in [0, 0.05) is 18.4 Å². The van der Waals surface area contributed by atoms with Gasteiger partial charge in [0.05, 0.1) is 17.5 Å². The summed E-state index contributed by atoms with van der Waals surface area (Å²) in [5, 5.41) is 0.670. The van der Waals surface area contributed by atoms with Gasteiger partial charge in [0.2, 0.25) is 0 Å². The van der Waals surface area contributed by atoms with Crippen LogP contribution in [0.25, 0.3) is 10.9 Å². The van der Waals surface area contributed by atoms with E-state index in [-0.39, 0.29) is 17.7 Å². The molecule has 1 aliphatic rings. The lowest BCUT2D eigenvalue weighted by molar-refractivity contribution is -0.135. The lowest BCUT2D eigenvalue weighted by Crippen LogP contribution is -2.31. The third-order valence-corrected chi connectivity index (χ3v) is 4.51. The molecule has 0 saturated carbocycles. The van der Waals surface area contributed by atoms with Gasteiger partial charge in [0.1, 0.15) is 11.6 Å². The van der Waals surface area contributed by atoms with Crippen molar-refractivity contribution in [3.8, 4) is 5.75 Å². The lowest BCUT2D eigenvalue weighted by Gasteiger charge is -2.26. The predicted molar refractivity (Wildman–Crippen MR) is 87.7 cm³/mol. The van der Waals surface area contributed by atoms with Crippen LogP contribution >= 0.6 is 0 Å². The number of carbonyl (C=O) groups is 1. The van der Waals surface area contributed by atoms with Gasteiger partial charge in [0.15, 0.2) is 0 Å². The fourth-order valence-corrected chi connectivity index (χ4v) is 3.36. The molecule has 3 aromatic rings. The van der Waals surface area contributed by atoms with Crippen molar-refractivity contribution in [1.29, 1.82) is 0 Å². The third-order valence-electron chi connectivity index (χ3n) is 4.51. The smallest absolute Gasteiger partial charge is 0.312 e. The molecule has 0 bridgehead atoms. The minimum Gasteiger partial charge on any atom is -0.425 e. The van der Waals surface area contributed by atoms with Gasteiger partial charge in [0.25, 0.3) is 5.56 Å². The highest BCUT2D eigenvalue weighted by atomic mass is 19.1. The number of fused-ring (bicyclic) bond motifs is 3. The van der Waals surface area contributed by atoms with E-state index in [4.69, 9.17) is 4.74 Å². The van der Waals surface area contributed by atoms with E-state index in [0.717, 1.165) is 0 Å². The quantitative estimate of drug-likeness (QED) is 0.647. The van der Waals surface area contributed by atoms with Gasteiger partial charge in [-0.05, 0) is 23.8 Å². The standard InChI is InChI=1S/C19H14FNO3/c1-21-15-9-5-3-7-12(15)18-17(19(21)23)13(10-16(22)24-18)11-6-2-4-8-14(11)20/h2-9,13H,10H2,1H3. The highest BCUT2D eigenvalue weighted by molar-refractivity contribution is 5.91. The maximum atomic E-state index is 14.3. The first-order valence-electron chi connectivity index (χ1n) is 7.64.